The fraction of sp³-hybridized carbons (Fsp3) is 0.409. The number of hydrogen-bond donors (Lipinski definition) is 0. The van der Waals surface area contributed by atoms with Gasteiger partial charge in [-0.1, -0.05) is 6.07 Å². The maximum atomic E-state index is 13.3. The van der Waals surface area contributed by atoms with Crippen molar-refractivity contribution in [2.75, 3.05) is 26.2 Å². The molecule has 0 aliphatic carbocycles. The van der Waals surface area contributed by atoms with Gasteiger partial charge in [0.2, 0.25) is 10.0 Å². The average molecular weight is 442 g/mol. The van der Waals surface area contributed by atoms with Crippen LogP contribution in [0.25, 0.3) is 11.0 Å². The number of benzene rings is 1. The minimum Gasteiger partial charge on any atom is -0.336 e. The summed E-state index contributed by atoms with van der Waals surface area (Å²) in [7, 11) is -1.78. The lowest BCUT2D eigenvalue weighted by Crippen LogP contribution is -2.50. The Hall–Kier alpha value is -2.78. The Balaban J connectivity index is 1.56. The molecule has 31 heavy (non-hydrogen) atoms. The van der Waals surface area contributed by atoms with Crippen LogP contribution in [-0.4, -0.2) is 64.5 Å². The highest BCUT2D eigenvalue weighted by atomic mass is 32.2. The maximum absolute atomic E-state index is 13.3. The second kappa shape index (κ2) is 7.72. The monoisotopic (exact) mass is 441 g/mol. The number of aromatic nitrogens is 3. The normalized spacial score (nSPS) is 15.6. The van der Waals surface area contributed by atoms with Gasteiger partial charge < -0.3 is 4.90 Å². The highest BCUT2D eigenvalue weighted by Crippen LogP contribution is 2.25. The molecule has 4 rings (SSSR count). The van der Waals surface area contributed by atoms with E-state index < -0.39 is 10.0 Å². The summed E-state index contributed by atoms with van der Waals surface area (Å²) in [6.07, 6.45) is 0. The number of sulfonamides is 1. The van der Waals surface area contributed by atoms with Gasteiger partial charge in [0.05, 0.1) is 21.5 Å². The van der Waals surface area contributed by atoms with Crippen molar-refractivity contribution in [3.8, 4) is 0 Å². The summed E-state index contributed by atoms with van der Waals surface area (Å²) in [5.41, 5.74) is 4.74. The van der Waals surface area contributed by atoms with Crippen molar-refractivity contribution < 1.29 is 13.2 Å². The van der Waals surface area contributed by atoms with Gasteiger partial charge in [0.25, 0.3) is 5.91 Å². The molecule has 1 fully saturated rings. The molecule has 0 atom stereocenters. The maximum Gasteiger partial charge on any atom is 0.254 e. The second-order valence-electron chi connectivity index (χ2n) is 8.16. The van der Waals surface area contributed by atoms with E-state index in [4.69, 9.17) is 0 Å². The Morgan fingerprint density at radius 2 is 1.65 bits per heavy atom. The van der Waals surface area contributed by atoms with Crippen molar-refractivity contribution in [3.05, 3.63) is 52.3 Å². The summed E-state index contributed by atoms with van der Waals surface area (Å²) in [5, 5.41) is 5.16. The van der Waals surface area contributed by atoms with Gasteiger partial charge >= 0.3 is 0 Å². The lowest BCUT2D eigenvalue weighted by molar-refractivity contribution is 0.0699. The molecule has 0 unspecified atom stereocenters. The fourth-order valence-electron chi connectivity index (χ4n) is 4.06. The predicted molar refractivity (Wildman–Crippen MR) is 119 cm³/mol. The minimum absolute atomic E-state index is 0.116. The Morgan fingerprint density at radius 1 is 0.968 bits per heavy atom. The Morgan fingerprint density at radius 3 is 2.29 bits per heavy atom. The lowest BCUT2D eigenvalue weighted by Gasteiger charge is -2.34. The largest absolute Gasteiger partial charge is 0.336 e. The molecule has 1 amide bonds. The molecule has 8 nitrogen and oxygen atoms in total. The number of carbonyl (C=O) groups is 1. The van der Waals surface area contributed by atoms with Crippen molar-refractivity contribution in [3.63, 3.8) is 0 Å². The number of amides is 1. The van der Waals surface area contributed by atoms with Crippen LogP contribution in [0.15, 0.2) is 29.2 Å². The van der Waals surface area contributed by atoms with Crippen molar-refractivity contribution in [1.82, 2.24) is 24.0 Å². The van der Waals surface area contributed by atoms with Crippen molar-refractivity contribution in [2.45, 2.75) is 32.6 Å². The van der Waals surface area contributed by atoms with Crippen LogP contribution in [0.2, 0.25) is 0 Å². The summed E-state index contributed by atoms with van der Waals surface area (Å²) in [6.45, 7) is 8.79. The van der Waals surface area contributed by atoms with Crippen molar-refractivity contribution in [2.24, 2.45) is 7.05 Å². The highest BCUT2D eigenvalue weighted by Gasteiger charge is 2.31. The summed E-state index contributed by atoms with van der Waals surface area (Å²) < 4.78 is 29.3. The average Bonchev–Trinajstić information content (AvgIpc) is 3.02. The molecule has 1 saturated heterocycles. The third-order valence-corrected chi connectivity index (χ3v) is 7.86. The van der Waals surface area contributed by atoms with Crippen LogP contribution in [0.4, 0.5) is 0 Å². The third kappa shape index (κ3) is 3.72. The molecule has 0 radical (unpaired) electrons. The Bertz CT molecular complexity index is 1290. The van der Waals surface area contributed by atoms with Crippen LogP contribution in [0.5, 0.6) is 0 Å². The van der Waals surface area contributed by atoms with Gasteiger partial charge in [-0.25, -0.2) is 13.4 Å². The molecular formula is C22H27N5O3S. The molecular weight excluding hydrogens is 414 g/mol. The zero-order chi connectivity index (χ0) is 22.5. The molecule has 3 aromatic rings. The van der Waals surface area contributed by atoms with E-state index in [1.165, 1.54) is 4.31 Å². The Labute approximate surface area is 182 Å². The molecule has 0 N–H and O–H groups in total. The SMILES string of the molecule is Cc1cc(C(=O)N2CCN(S(=O)(=O)c3ccc(C)c(C)c3)CC2)c2c(C)nn(C)c2n1. The molecule has 9 heteroatoms. The molecule has 1 aliphatic rings. The van der Waals surface area contributed by atoms with Crippen LogP contribution >= 0.6 is 0 Å². The van der Waals surface area contributed by atoms with Gasteiger partial charge in [-0.05, 0) is 57.0 Å². The number of carbonyl (C=O) groups excluding carboxylic acids is 1. The van der Waals surface area contributed by atoms with E-state index in [9.17, 15) is 13.2 Å². The molecule has 2 aromatic heterocycles. The van der Waals surface area contributed by atoms with E-state index in [0.29, 0.717) is 29.2 Å². The number of rotatable bonds is 3. The van der Waals surface area contributed by atoms with E-state index in [-0.39, 0.29) is 19.0 Å². The standard InChI is InChI=1S/C22H27N5O3S/c1-14-6-7-18(12-15(14)2)31(29,30)27-10-8-26(9-11-27)22(28)19-13-16(3)23-21-20(19)17(4)24-25(21)5/h6-7,12-13H,8-11H2,1-5H3. The van der Waals surface area contributed by atoms with Gasteiger partial charge in [0.1, 0.15) is 0 Å². The molecule has 0 saturated carbocycles. The lowest BCUT2D eigenvalue weighted by atomic mass is 10.1. The number of aryl methyl sites for hydroxylation is 5. The van der Waals surface area contributed by atoms with E-state index in [1.807, 2.05) is 40.8 Å². The van der Waals surface area contributed by atoms with Crippen LogP contribution < -0.4 is 0 Å². The van der Waals surface area contributed by atoms with E-state index in [2.05, 4.69) is 10.1 Å². The molecule has 1 aromatic carbocycles. The molecule has 1 aliphatic heterocycles. The summed E-state index contributed by atoms with van der Waals surface area (Å²) in [5.74, 6) is -0.116. The number of hydrogen-bond acceptors (Lipinski definition) is 5. The number of piperazine rings is 1. The molecule has 164 valence electrons. The minimum atomic E-state index is -3.59. The van der Waals surface area contributed by atoms with Gasteiger partial charge in [-0.2, -0.15) is 9.40 Å². The smallest absolute Gasteiger partial charge is 0.254 e. The first-order chi connectivity index (χ1) is 14.6. The molecule has 0 spiro atoms. The summed E-state index contributed by atoms with van der Waals surface area (Å²) in [4.78, 5) is 19.9. The topological polar surface area (TPSA) is 88.4 Å². The van der Waals surface area contributed by atoms with Crippen LogP contribution in [0.1, 0.15) is 32.9 Å². The summed E-state index contributed by atoms with van der Waals surface area (Å²) in [6, 6.07) is 6.98. The van der Waals surface area contributed by atoms with E-state index in [1.54, 1.807) is 27.8 Å². The van der Waals surface area contributed by atoms with Crippen LogP contribution in [-0.2, 0) is 17.1 Å². The van der Waals surface area contributed by atoms with Crippen LogP contribution in [0, 0.1) is 27.7 Å². The fourth-order valence-corrected chi connectivity index (χ4v) is 5.57. The van der Waals surface area contributed by atoms with E-state index >= 15 is 0 Å². The predicted octanol–water partition coefficient (Wildman–Crippen LogP) is 2.35. The van der Waals surface area contributed by atoms with E-state index in [0.717, 1.165) is 27.9 Å². The summed E-state index contributed by atoms with van der Waals surface area (Å²) >= 11 is 0. The number of pyridine rings is 1. The van der Waals surface area contributed by atoms with Crippen molar-refractivity contribution >= 4 is 27.0 Å². The first kappa shape index (κ1) is 21.5. The first-order valence-corrected chi connectivity index (χ1v) is 11.7. The third-order valence-electron chi connectivity index (χ3n) is 5.97. The van der Waals surface area contributed by atoms with Gasteiger partial charge in [0, 0.05) is 38.9 Å². The van der Waals surface area contributed by atoms with Gasteiger partial charge in [0.15, 0.2) is 5.65 Å². The second-order valence-corrected chi connectivity index (χ2v) is 10.1. The molecule has 3 heterocycles. The first-order valence-electron chi connectivity index (χ1n) is 10.3. The molecule has 0 bridgehead atoms. The zero-order valence-electron chi connectivity index (χ0n) is 18.5. The number of nitrogens with zero attached hydrogens (tertiary/aromatic N) is 5. The van der Waals surface area contributed by atoms with Gasteiger partial charge in [-0.3, -0.25) is 9.48 Å². The number of fused-ring (bicyclic) bond motifs is 1. The zero-order valence-corrected chi connectivity index (χ0v) is 19.3. The highest BCUT2D eigenvalue weighted by molar-refractivity contribution is 7.89. The van der Waals surface area contributed by atoms with Crippen molar-refractivity contribution in [1.29, 1.82) is 0 Å². The quantitative estimate of drug-likeness (QED) is 0.623. The van der Waals surface area contributed by atoms with Gasteiger partial charge in [-0.15, -0.1) is 0 Å². The Kier molecular flexibility index (Phi) is 5.35. The van der Waals surface area contributed by atoms with Crippen LogP contribution in [0.3, 0.4) is 0 Å².